The van der Waals surface area contributed by atoms with Crippen LogP contribution in [-0.4, -0.2) is 51.7 Å². The molecular formula is C24H28ClN5O3S. The van der Waals surface area contributed by atoms with Crippen molar-refractivity contribution in [1.82, 2.24) is 14.7 Å². The fraction of sp³-hybridized carbons (Fsp3) is 0.333. The molecule has 4 rings (SSSR count). The number of para-hydroxylation sites is 1. The lowest BCUT2D eigenvalue weighted by Gasteiger charge is -2.29. The number of hydrogen-bond acceptors (Lipinski definition) is 7. The summed E-state index contributed by atoms with van der Waals surface area (Å²) in [7, 11) is -2.28. The summed E-state index contributed by atoms with van der Waals surface area (Å²) < 4.78 is 32.6. The summed E-state index contributed by atoms with van der Waals surface area (Å²) >= 11 is 6.35. The monoisotopic (exact) mass is 501 g/mol. The number of nitrogens with one attached hydrogen (secondary N) is 2. The Morgan fingerprint density at radius 3 is 2.62 bits per heavy atom. The summed E-state index contributed by atoms with van der Waals surface area (Å²) in [4.78, 5) is 11.5. The molecule has 3 aromatic rings. The molecule has 1 aromatic heterocycles. The highest BCUT2D eigenvalue weighted by Crippen LogP contribution is 2.28. The summed E-state index contributed by atoms with van der Waals surface area (Å²) in [5, 5.41) is 3.37. The minimum Gasteiger partial charge on any atom is -0.378 e. The zero-order valence-corrected chi connectivity index (χ0v) is 20.8. The summed E-state index contributed by atoms with van der Waals surface area (Å²) in [5.41, 5.74) is 3.96. The number of nitrogens with zero attached hydrogens (tertiary/aromatic N) is 3. The molecule has 0 spiro atoms. The molecule has 1 fully saturated rings. The van der Waals surface area contributed by atoms with Crippen molar-refractivity contribution in [3.05, 3.63) is 70.6 Å². The number of halogens is 1. The van der Waals surface area contributed by atoms with Gasteiger partial charge in [-0.2, -0.15) is 0 Å². The molecule has 0 radical (unpaired) electrons. The molecule has 0 bridgehead atoms. The third-order valence-corrected chi connectivity index (χ3v) is 7.54. The number of aryl methyl sites for hydroxylation is 1. The van der Waals surface area contributed by atoms with Crippen LogP contribution in [0, 0.1) is 0 Å². The van der Waals surface area contributed by atoms with E-state index in [0.717, 1.165) is 38.3 Å². The van der Waals surface area contributed by atoms with Crippen LogP contribution in [0.4, 0.5) is 17.2 Å². The van der Waals surface area contributed by atoms with Crippen LogP contribution in [0.25, 0.3) is 0 Å². The van der Waals surface area contributed by atoms with Crippen LogP contribution in [-0.2, 0) is 27.6 Å². The Labute approximate surface area is 205 Å². The number of morpholine rings is 1. The van der Waals surface area contributed by atoms with Crippen molar-refractivity contribution in [2.75, 3.05) is 43.6 Å². The van der Waals surface area contributed by atoms with E-state index in [-0.39, 0.29) is 4.90 Å². The average molecular weight is 502 g/mol. The SMILES string of the molecule is CCc1cc(N2CCOCC2)ccc1Cc1ncc(Cl)c(Nc2ccccc2S(=O)(=O)NC)n1. The second kappa shape index (κ2) is 10.7. The zero-order valence-electron chi connectivity index (χ0n) is 19.2. The first kappa shape index (κ1) is 24.4. The van der Waals surface area contributed by atoms with Crippen LogP contribution in [0.3, 0.4) is 0 Å². The smallest absolute Gasteiger partial charge is 0.242 e. The lowest BCUT2D eigenvalue weighted by molar-refractivity contribution is 0.122. The molecule has 34 heavy (non-hydrogen) atoms. The summed E-state index contributed by atoms with van der Waals surface area (Å²) in [5.74, 6) is 0.947. The molecular weight excluding hydrogens is 474 g/mol. The molecule has 2 heterocycles. The van der Waals surface area contributed by atoms with Crippen molar-refractivity contribution in [2.45, 2.75) is 24.7 Å². The van der Waals surface area contributed by atoms with Crippen LogP contribution in [0.15, 0.2) is 53.6 Å². The maximum atomic E-state index is 12.4. The normalized spacial score (nSPS) is 14.3. The van der Waals surface area contributed by atoms with Crippen LogP contribution < -0.4 is 14.9 Å². The average Bonchev–Trinajstić information content (AvgIpc) is 2.87. The lowest BCUT2D eigenvalue weighted by atomic mass is 10.0. The molecule has 2 aromatic carbocycles. The fourth-order valence-electron chi connectivity index (χ4n) is 3.92. The van der Waals surface area contributed by atoms with Crippen LogP contribution in [0.5, 0.6) is 0 Å². The fourth-order valence-corrected chi connectivity index (χ4v) is 4.95. The Kier molecular flexibility index (Phi) is 7.67. The van der Waals surface area contributed by atoms with Gasteiger partial charge in [0.2, 0.25) is 10.0 Å². The lowest BCUT2D eigenvalue weighted by Crippen LogP contribution is -2.36. The van der Waals surface area contributed by atoms with Crippen molar-refractivity contribution < 1.29 is 13.2 Å². The van der Waals surface area contributed by atoms with Gasteiger partial charge in [0, 0.05) is 25.2 Å². The number of benzene rings is 2. The van der Waals surface area contributed by atoms with Gasteiger partial charge in [-0.25, -0.2) is 23.1 Å². The maximum absolute atomic E-state index is 12.4. The van der Waals surface area contributed by atoms with E-state index < -0.39 is 10.0 Å². The molecule has 0 atom stereocenters. The van der Waals surface area contributed by atoms with Gasteiger partial charge in [-0.15, -0.1) is 0 Å². The second-order valence-corrected chi connectivity index (χ2v) is 10.2. The second-order valence-electron chi connectivity index (χ2n) is 7.89. The molecule has 10 heteroatoms. The van der Waals surface area contributed by atoms with Gasteiger partial charge in [0.15, 0.2) is 5.82 Å². The molecule has 2 N–H and O–H groups in total. The van der Waals surface area contributed by atoms with Crippen molar-refractivity contribution in [3.8, 4) is 0 Å². The number of hydrogen-bond donors (Lipinski definition) is 2. The predicted octanol–water partition coefficient (Wildman–Crippen LogP) is 3.77. The Morgan fingerprint density at radius 1 is 1.12 bits per heavy atom. The van der Waals surface area contributed by atoms with E-state index >= 15 is 0 Å². The van der Waals surface area contributed by atoms with E-state index in [1.54, 1.807) is 18.2 Å². The van der Waals surface area contributed by atoms with Crippen LogP contribution in [0.2, 0.25) is 5.02 Å². The quantitative estimate of drug-likeness (QED) is 0.485. The van der Waals surface area contributed by atoms with Gasteiger partial charge in [-0.05, 0) is 48.9 Å². The molecule has 8 nitrogen and oxygen atoms in total. The van der Waals surface area contributed by atoms with Crippen molar-refractivity contribution in [1.29, 1.82) is 0 Å². The Balaban J connectivity index is 1.59. The van der Waals surface area contributed by atoms with Gasteiger partial charge in [0.1, 0.15) is 15.7 Å². The summed E-state index contributed by atoms with van der Waals surface area (Å²) in [6.07, 6.45) is 2.96. The first-order valence-corrected chi connectivity index (χ1v) is 13.0. The third kappa shape index (κ3) is 5.50. The highest BCUT2D eigenvalue weighted by atomic mass is 35.5. The largest absolute Gasteiger partial charge is 0.378 e. The Morgan fingerprint density at radius 2 is 1.88 bits per heavy atom. The predicted molar refractivity (Wildman–Crippen MR) is 135 cm³/mol. The number of anilines is 3. The molecule has 180 valence electrons. The highest BCUT2D eigenvalue weighted by Gasteiger charge is 2.18. The van der Waals surface area contributed by atoms with Gasteiger partial charge in [0.25, 0.3) is 0 Å². The van der Waals surface area contributed by atoms with Gasteiger partial charge < -0.3 is 15.0 Å². The molecule has 0 amide bonds. The zero-order chi connectivity index (χ0) is 24.1. The van der Waals surface area contributed by atoms with E-state index in [0.29, 0.717) is 28.8 Å². The Bertz CT molecular complexity index is 1260. The molecule has 1 saturated heterocycles. The van der Waals surface area contributed by atoms with Gasteiger partial charge in [-0.1, -0.05) is 36.7 Å². The van der Waals surface area contributed by atoms with E-state index in [4.69, 9.17) is 16.3 Å². The van der Waals surface area contributed by atoms with Gasteiger partial charge in [0.05, 0.1) is 25.1 Å². The van der Waals surface area contributed by atoms with Crippen molar-refractivity contribution >= 4 is 38.8 Å². The highest BCUT2D eigenvalue weighted by molar-refractivity contribution is 7.89. The van der Waals surface area contributed by atoms with Gasteiger partial charge in [-0.3, -0.25) is 0 Å². The molecule has 1 aliphatic heterocycles. The molecule has 0 saturated carbocycles. The van der Waals surface area contributed by atoms with E-state index in [2.05, 4.69) is 50.0 Å². The summed E-state index contributed by atoms with van der Waals surface area (Å²) in [6.45, 7) is 5.41. The topological polar surface area (TPSA) is 96.5 Å². The van der Waals surface area contributed by atoms with Crippen molar-refractivity contribution in [3.63, 3.8) is 0 Å². The van der Waals surface area contributed by atoms with E-state index in [1.165, 1.54) is 30.6 Å². The Hall–Kier alpha value is -2.72. The van der Waals surface area contributed by atoms with Gasteiger partial charge >= 0.3 is 0 Å². The van der Waals surface area contributed by atoms with E-state index in [1.807, 2.05) is 0 Å². The standard InChI is InChI=1S/C24H28ClN5O3S/c1-3-17-14-19(30-10-12-33-13-11-30)9-8-18(17)15-23-27-16-20(25)24(29-23)28-21-6-4-5-7-22(21)34(31,32)26-2/h4-9,14,16,26H,3,10-13,15H2,1-2H3,(H,27,28,29). The number of aromatic nitrogens is 2. The molecule has 0 aliphatic carbocycles. The molecule has 0 unspecified atom stereocenters. The number of ether oxygens (including phenoxy) is 1. The molecule has 1 aliphatic rings. The summed E-state index contributed by atoms with van der Waals surface area (Å²) in [6, 6.07) is 13.1. The third-order valence-electron chi connectivity index (χ3n) is 5.79. The minimum atomic E-state index is -3.65. The number of rotatable bonds is 8. The van der Waals surface area contributed by atoms with Crippen LogP contribution in [0.1, 0.15) is 23.9 Å². The number of sulfonamides is 1. The maximum Gasteiger partial charge on any atom is 0.242 e. The van der Waals surface area contributed by atoms with Crippen LogP contribution >= 0.6 is 11.6 Å². The van der Waals surface area contributed by atoms with Crippen molar-refractivity contribution in [2.24, 2.45) is 0 Å². The first-order valence-electron chi connectivity index (χ1n) is 11.2. The minimum absolute atomic E-state index is 0.112. The first-order chi connectivity index (χ1) is 16.4. The van der Waals surface area contributed by atoms with E-state index in [9.17, 15) is 8.42 Å².